The van der Waals surface area contributed by atoms with Crippen molar-refractivity contribution < 1.29 is 50.7 Å². The molecular formula is C3H7F11N6OP6. The summed E-state index contributed by atoms with van der Waals surface area (Å²) in [5, 5.41) is 0. The average Bonchev–Trinajstić information content (AvgIpc) is 2.26. The van der Waals surface area contributed by atoms with E-state index in [1.54, 1.807) is 9.03 Å². The standard InChI is InChI=1S/C3H7F11N6OP6/c1-2-3-21-27(14)19-25(10,11)17-23(6,7)15-22(4,5)16-24(8,9)18-26(12,13)20-27/h2-3H2,1H3. The van der Waals surface area contributed by atoms with E-state index >= 15 is 0 Å². The summed E-state index contributed by atoms with van der Waals surface area (Å²) in [5.41, 5.74) is 0. The van der Waals surface area contributed by atoms with Crippen LogP contribution in [0.15, 0.2) is 27.1 Å². The molecule has 0 spiro atoms. The van der Waals surface area contributed by atoms with Crippen LogP contribution < -0.4 is 0 Å². The van der Waals surface area contributed by atoms with Crippen molar-refractivity contribution in [2.75, 3.05) is 6.61 Å². The Morgan fingerprint density at radius 3 is 1.15 bits per heavy atom. The zero-order chi connectivity index (χ0) is 21.4. The van der Waals surface area contributed by atoms with Crippen LogP contribution in [0.2, 0.25) is 0 Å². The molecule has 1 unspecified atom stereocenters. The van der Waals surface area contributed by atoms with E-state index in [0.717, 1.165) is 0 Å². The molecule has 0 aromatic rings. The number of hydrogen-bond donors (Lipinski definition) is 0. The molecule has 162 valence electrons. The first kappa shape index (κ1) is 25.6. The Morgan fingerprint density at radius 1 is 0.519 bits per heavy atom. The maximum absolute atomic E-state index is 14.3. The molecule has 0 aliphatic carbocycles. The summed E-state index contributed by atoms with van der Waals surface area (Å²) in [4.78, 5) is 0. The largest absolute Gasteiger partial charge is 0.425 e. The van der Waals surface area contributed by atoms with Gasteiger partial charge >= 0.3 is 46.9 Å². The van der Waals surface area contributed by atoms with E-state index in [4.69, 9.17) is 0 Å². The predicted molar refractivity (Wildman–Crippen MR) is 84.5 cm³/mol. The van der Waals surface area contributed by atoms with Crippen LogP contribution in [0.3, 0.4) is 0 Å². The van der Waals surface area contributed by atoms with E-state index in [9.17, 15) is 46.2 Å². The Labute approximate surface area is 145 Å². The van der Waals surface area contributed by atoms with Crippen molar-refractivity contribution in [2.24, 2.45) is 27.1 Å². The number of halogens is 11. The first-order chi connectivity index (χ1) is 11.8. The first-order valence-electron chi connectivity index (χ1n) is 5.94. The maximum Gasteiger partial charge on any atom is 0.425 e. The van der Waals surface area contributed by atoms with Gasteiger partial charge in [0.25, 0.3) is 0 Å². The maximum atomic E-state index is 14.3. The van der Waals surface area contributed by atoms with Crippen molar-refractivity contribution in [3.63, 3.8) is 0 Å². The molecule has 0 radical (unpaired) electrons. The molecule has 0 aromatic heterocycles. The summed E-state index contributed by atoms with van der Waals surface area (Å²) in [5.74, 6) is 0. The smallest absolute Gasteiger partial charge is 0.303 e. The van der Waals surface area contributed by atoms with Crippen LogP contribution in [0.1, 0.15) is 13.3 Å². The van der Waals surface area contributed by atoms with E-state index in [2.05, 4.69) is 4.52 Å². The fraction of sp³-hybridized carbons (Fsp3) is 1.00. The molecule has 1 heterocycles. The molecule has 0 aromatic carbocycles. The fourth-order valence-corrected chi connectivity index (χ4v) is 11.0. The molecule has 0 amide bonds. The van der Waals surface area contributed by atoms with Gasteiger partial charge in [-0.2, -0.15) is 4.20 Å². The van der Waals surface area contributed by atoms with Gasteiger partial charge in [0.15, 0.2) is 0 Å². The molecule has 7 nitrogen and oxygen atoms in total. The Kier molecular flexibility index (Phi) is 7.93. The summed E-state index contributed by atoms with van der Waals surface area (Å²) in [6.45, 7) is 0.383. The highest BCUT2D eigenvalue weighted by Gasteiger charge is 2.40. The lowest BCUT2D eigenvalue weighted by atomic mass is 10.5. The lowest BCUT2D eigenvalue weighted by Gasteiger charge is -2.13. The first-order valence-corrected chi connectivity index (χ1v) is 14.8. The third kappa shape index (κ3) is 9.28. The monoisotopic (exact) mass is 538 g/mol. The Morgan fingerprint density at radius 2 is 0.815 bits per heavy atom. The number of nitrogens with zero attached hydrogens (tertiary/aromatic N) is 6. The van der Waals surface area contributed by atoms with E-state index in [0.29, 0.717) is 0 Å². The average molecular weight is 538 g/mol. The van der Waals surface area contributed by atoms with E-state index < -0.39 is 53.5 Å². The second kappa shape index (κ2) is 8.37. The van der Waals surface area contributed by atoms with Crippen molar-refractivity contribution >= 4 is 46.9 Å². The van der Waals surface area contributed by atoms with Crippen LogP contribution in [0.4, 0.5) is 46.2 Å². The Balaban J connectivity index is 4.06. The van der Waals surface area contributed by atoms with Gasteiger partial charge in [-0.15, -0.1) is 69.1 Å². The Hall–Kier alpha value is 0.570. The minimum Gasteiger partial charge on any atom is -0.303 e. The highest BCUT2D eigenvalue weighted by Crippen LogP contribution is 2.83. The van der Waals surface area contributed by atoms with Crippen molar-refractivity contribution in [1.82, 2.24) is 0 Å². The van der Waals surface area contributed by atoms with E-state index in [1.165, 1.54) is 25.0 Å². The SMILES string of the molecule is CCCOP1(F)=NP(F)(F)=NP(F)(F)=NP(F)(F)=NP(F)(F)=NP(F)(F)=N1. The third-order valence-corrected chi connectivity index (χ3v) is 12.6. The number of hydrogen-bond acceptors (Lipinski definition) is 7. The van der Waals surface area contributed by atoms with Gasteiger partial charge in [-0.25, -0.2) is 0 Å². The van der Waals surface area contributed by atoms with Gasteiger partial charge in [0.2, 0.25) is 0 Å². The molecule has 1 aliphatic rings. The molecule has 0 saturated heterocycles. The van der Waals surface area contributed by atoms with Gasteiger partial charge < -0.3 is 4.52 Å². The van der Waals surface area contributed by atoms with E-state index in [-0.39, 0.29) is 6.42 Å². The van der Waals surface area contributed by atoms with Crippen LogP contribution in [-0.4, -0.2) is 6.61 Å². The lowest BCUT2D eigenvalue weighted by molar-refractivity contribution is 0.325. The fourth-order valence-electron chi connectivity index (χ4n) is 1.15. The highest BCUT2D eigenvalue weighted by atomic mass is 31.3. The summed E-state index contributed by atoms with van der Waals surface area (Å²) in [6, 6.07) is 0. The molecular weight excluding hydrogens is 531 g/mol. The van der Waals surface area contributed by atoms with Crippen molar-refractivity contribution in [2.45, 2.75) is 13.3 Å². The van der Waals surface area contributed by atoms with Gasteiger partial charge in [0.05, 0.1) is 6.61 Å². The molecule has 1 aliphatic heterocycles. The normalized spacial score (nSPS) is 31.1. The van der Waals surface area contributed by atoms with Crippen molar-refractivity contribution in [3.05, 3.63) is 0 Å². The zero-order valence-electron chi connectivity index (χ0n) is 12.3. The summed E-state index contributed by atoms with van der Waals surface area (Å²) < 4.78 is 160. The van der Waals surface area contributed by atoms with Crippen LogP contribution >= 0.6 is 46.9 Å². The topological polar surface area (TPSA) is 83.4 Å². The Bertz CT molecular complexity index is 907. The van der Waals surface area contributed by atoms with Crippen molar-refractivity contribution in [3.8, 4) is 0 Å². The van der Waals surface area contributed by atoms with Gasteiger partial charge in [-0.1, -0.05) is 6.92 Å². The summed E-state index contributed by atoms with van der Waals surface area (Å²) >= 11 is 0. The van der Waals surface area contributed by atoms with Crippen LogP contribution in [0.25, 0.3) is 0 Å². The summed E-state index contributed by atoms with van der Waals surface area (Å²) in [7, 11) is -41.1. The van der Waals surface area contributed by atoms with Crippen LogP contribution in [0, 0.1) is 0 Å². The van der Waals surface area contributed by atoms with Gasteiger partial charge in [0.1, 0.15) is 0 Å². The highest BCUT2D eigenvalue weighted by molar-refractivity contribution is 7.78. The molecule has 27 heavy (non-hydrogen) atoms. The molecule has 1 atom stereocenters. The lowest BCUT2D eigenvalue weighted by Crippen LogP contribution is -1.85. The number of rotatable bonds is 3. The molecule has 0 N–H and O–H groups in total. The van der Waals surface area contributed by atoms with Crippen LogP contribution in [0.5, 0.6) is 0 Å². The second-order valence-electron chi connectivity index (χ2n) is 4.12. The second-order valence-corrected chi connectivity index (χ2v) is 14.2. The van der Waals surface area contributed by atoms with Gasteiger partial charge in [-0.05, 0) is 6.42 Å². The molecule has 24 heteroatoms. The van der Waals surface area contributed by atoms with Crippen LogP contribution in [-0.2, 0) is 4.52 Å². The van der Waals surface area contributed by atoms with Gasteiger partial charge in [-0.3, -0.25) is 0 Å². The molecule has 0 bridgehead atoms. The molecule has 0 fully saturated rings. The quantitative estimate of drug-likeness (QED) is 0.260. The minimum absolute atomic E-state index is 0.174. The molecule has 0 saturated carbocycles. The molecule has 1 rings (SSSR count). The van der Waals surface area contributed by atoms with Gasteiger partial charge in [0, 0.05) is 0 Å². The zero-order valence-corrected chi connectivity index (χ0v) is 17.7. The van der Waals surface area contributed by atoms with Crippen molar-refractivity contribution in [1.29, 1.82) is 0 Å². The minimum atomic E-state index is -7.06. The van der Waals surface area contributed by atoms with E-state index in [1.807, 2.05) is 0 Å². The third-order valence-electron chi connectivity index (χ3n) is 1.76. The summed E-state index contributed by atoms with van der Waals surface area (Å²) in [6.07, 6.45) is -0.174. The predicted octanol–water partition coefficient (Wildman–Crippen LogP) is 11.8.